The predicted octanol–water partition coefficient (Wildman–Crippen LogP) is 4.79. The Labute approximate surface area is 195 Å². The number of hydrogen-bond donors (Lipinski definition) is 1. The molecule has 1 amide bonds. The van der Waals surface area contributed by atoms with Crippen molar-refractivity contribution in [2.24, 2.45) is 5.10 Å². The Kier molecular flexibility index (Phi) is 7.50. The Hall–Kier alpha value is -2.94. The van der Waals surface area contributed by atoms with E-state index in [4.69, 9.17) is 23.2 Å². The highest BCUT2D eigenvalue weighted by molar-refractivity contribution is 7.92. The third-order valence-electron chi connectivity index (χ3n) is 4.40. The average Bonchev–Trinajstić information content (AvgIpc) is 2.75. The van der Waals surface area contributed by atoms with Gasteiger partial charge in [0.05, 0.1) is 26.8 Å². The zero-order chi connectivity index (χ0) is 23.3. The normalized spacial score (nSPS) is 11.5. The lowest BCUT2D eigenvalue weighted by atomic mass is 10.2. The van der Waals surface area contributed by atoms with Gasteiger partial charge < -0.3 is 0 Å². The molecule has 0 bridgehead atoms. The average molecular weight is 494 g/mol. The van der Waals surface area contributed by atoms with E-state index in [9.17, 15) is 17.6 Å². The van der Waals surface area contributed by atoms with Crippen LogP contribution in [0.4, 0.5) is 10.1 Å². The maximum atomic E-state index is 13.8. The highest BCUT2D eigenvalue weighted by Gasteiger charge is 2.28. The number of anilines is 1. The molecule has 0 aromatic heterocycles. The van der Waals surface area contributed by atoms with Gasteiger partial charge in [0.1, 0.15) is 12.4 Å². The largest absolute Gasteiger partial charge is 0.271 e. The summed E-state index contributed by atoms with van der Waals surface area (Å²) in [6.45, 7) is 1.22. The molecule has 3 rings (SSSR count). The highest BCUT2D eigenvalue weighted by atomic mass is 35.5. The van der Waals surface area contributed by atoms with Crippen molar-refractivity contribution in [3.05, 3.63) is 93.7 Å². The van der Waals surface area contributed by atoms with Gasteiger partial charge in [-0.15, -0.1) is 0 Å². The maximum Gasteiger partial charge on any atom is 0.264 e. The van der Waals surface area contributed by atoms with Crippen LogP contribution in [0.25, 0.3) is 0 Å². The van der Waals surface area contributed by atoms with Gasteiger partial charge in [-0.3, -0.25) is 9.10 Å². The van der Waals surface area contributed by atoms with Crippen LogP contribution in [0.3, 0.4) is 0 Å². The van der Waals surface area contributed by atoms with E-state index in [2.05, 4.69) is 10.5 Å². The van der Waals surface area contributed by atoms with Crippen molar-refractivity contribution >= 4 is 51.0 Å². The molecule has 10 heteroatoms. The number of rotatable bonds is 7. The first-order valence-electron chi connectivity index (χ1n) is 9.30. The SMILES string of the molecule is Cc1ccc(S(=O)(=O)N(CC(=O)N/N=C\c2c(F)cccc2Cl)c2ccccc2Cl)cc1. The summed E-state index contributed by atoms with van der Waals surface area (Å²) in [7, 11) is -4.12. The monoisotopic (exact) mass is 493 g/mol. The third-order valence-corrected chi connectivity index (χ3v) is 6.82. The van der Waals surface area contributed by atoms with Crippen LogP contribution < -0.4 is 9.73 Å². The van der Waals surface area contributed by atoms with Crippen LogP contribution in [-0.2, 0) is 14.8 Å². The molecule has 0 radical (unpaired) electrons. The molecule has 0 spiro atoms. The molecule has 0 unspecified atom stereocenters. The minimum atomic E-state index is -4.12. The molecular weight excluding hydrogens is 476 g/mol. The van der Waals surface area contributed by atoms with Gasteiger partial charge in [0.15, 0.2) is 0 Å². The van der Waals surface area contributed by atoms with Crippen LogP contribution in [-0.4, -0.2) is 27.1 Å². The molecule has 166 valence electrons. The number of halogens is 3. The van der Waals surface area contributed by atoms with Crippen molar-refractivity contribution in [1.29, 1.82) is 0 Å². The summed E-state index contributed by atoms with van der Waals surface area (Å²) in [5, 5.41) is 3.96. The lowest BCUT2D eigenvalue weighted by molar-refractivity contribution is -0.119. The van der Waals surface area contributed by atoms with Crippen molar-refractivity contribution in [3.63, 3.8) is 0 Å². The zero-order valence-electron chi connectivity index (χ0n) is 16.8. The Bertz CT molecular complexity index is 1250. The minimum absolute atomic E-state index is 0.00235. The number of sulfonamides is 1. The molecule has 0 fully saturated rings. The predicted molar refractivity (Wildman–Crippen MR) is 124 cm³/mol. The van der Waals surface area contributed by atoms with Crippen molar-refractivity contribution in [2.75, 3.05) is 10.8 Å². The summed E-state index contributed by atoms with van der Waals surface area (Å²) in [6.07, 6.45) is 1.05. The second-order valence-corrected chi connectivity index (χ2v) is 9.38. The van der Waals surface area contributed by atoms with Gasteiger partial charge in [0.25, 0.3) is 15.9 Å². The molecule has 1 N–H and O–H groups in total. The number of benzene rings is 3. The topological polar surface area (TPSA) is 78.8 Å². The Morgan fingerprint density at radius 2 is 1.69 bits per heavy atom. The Morgan fingerprint density at radius 1 is 1.03 bits per heavy atom. The number of hydrazone groups is 1. The number of hydrogen-bond acceptors (Lipinski definition) is 4. The first kappa shape index (κ1) is 23.7. The van der Waals surface area contributed by atoms with Crippen molar-refractivity contribution in [3.8, 4) is 0 Å². The number of para-hydroxylation sites is 1. The van der Waals surface area contributed by atoms with E-state index in [0.29, 0.717) is 0 Å². The molecule has 0 aliphatic heterocycles. The van der Waals surface area contributed by atoms with Crippen LogP contribution in [0, 0.1) is 12.7 Å². The summed E-state index contributed by atoms with van der Waals surface area (Å²) in [4.78, 5) is 12.5. The van der Waals surface area contributed by atoms with Gasteiger partial charge in [-0.05, 0) is 43.3 Å². The molecule has 0 aliphatic carbocycles. The second-order valence-electron chi connectivity index (χ2n) is 6.70. The lowest BCUT2D eigenvalue weighted by Crippen LogP contribution is -2.39. The summed E-state index contributed by atoms with van der Waals surface area (Å²) in [5.74, 6) is -1.38. The molecule has 32 heavy (non-hydrogen) atoms. The van der Waals surface area contributed by atoms with Gasteiger partial charge >= 0.3 is 0 Å². The first-order valence-corrected chi connectivity index (χ1v) is 11.5. The molecule has 0 heterocycles. The summed E-state index contributed by atoms with van der Waals surface area (Å²) in [5.41, 5.74) is 3.20. The zero-order valence-corrected chi connectivity index (χ0v) is 19.1. The summed E-state index contributed by atoms with van der Waals surface area (Å²) in [6, 6.07) is 16.6. The third kappa shape index (κ3) is 5.45. The number of nitrogens with zero attached hydrogens (tertiary/aromatic N) is 2. The van der Waals surface area contributed by atoms with Crippen LogP contribution in [0.2, 0.25) is 10.0 Å². The number of carbonyl (C=O) groups is 1. The molecule has 0 aliphatic rings. The molecule has 0 atom stereocenters. The van der Waals surface area contributed by atoms with Gasteiger partial charge in [-0.2, -0.15) is 5.10 Å². The molecule has 3 aromatic carbocycles. The first-order chi connectivity index (χ1) is 15.2. The standard InChI is InChI=1S/C22H18Cl2FN3O3S/c1-15-9-11-16(12-10-15)32(30,31)28(21-8-3-2-5-19(21)24)14-22(29)27-26-13-17-18(23)6-4-7-20(17)25/h2-13H,14H2,1H3,(H,27,29)/b26-13-. The van der Waals surface area contributed by atoms with E-state index in [1.165, 1.54) is 42.5 Å². The van der Waals surface area contributed by atoms with Crippen LogP contribution in [0.5, 0.6) is 0 Å². The minimum Gasteiger partial charge on any atom is -0.271 e. The summed E-state index contributed by atoms with van der Waals surface area (Å²) >= 11 is 12.1. The highest BCUT2D eigenvalue weighted by Crippen LogP contribution is 2.30. The van der Waals surface area contributed by atoms with E-state index in [0.717, 1.165) is 16.1 Å². The fraction of sp³-hybridized carbons (Fsp3) is 0.0909. The number of amides is 1. The van der Waals surface area contributed by atoms with Crippen LogP contribution >= 0.6 is 23.2 Å². The molecular formula is C22H18Cl2FN3O3S. The van der Waals surface area contributed by atoms with E-state index in [-0.39, 0.29) is 26.2 Å². The number of carbonyl (C=O) groups excluding carboxylic acids is 1. The van der Waals surface area contributed by atoms with Crippen molar-refractivity contribution < 1.29 is 17.6 Å². The van der Waals surface area contributed by atoms with Crippen LogP contribution in [0.15, 0.2) is 76.7 Å². The van der Waals surface area contributed by atoms with E-state index in [1.807, 2.05) is 6.92 Å². The van der Waals surface area contributed by atoms with Gasteiger partial charge in [0, 0.05) is 5.56 Å². The fourth-order valence-corrected chi connectivity index (χ4v) is 4.70. The number of nitrogens with one attached hydrogen (secondary N) is 1. The second kappa shape index (κ2) is 10.1. The molecule has 0 saturated heterocycles. The van der Waals surface area contributed by atoms with E-state index >= 15 is 0 Å². The molecule has 6 nitrogen and oxygen atoms in total. The fourth-order valence-electron chi connectivity index (χ4n) is 2.76. The van der Waals surface area contributed by atoms with Gasteiger partial charge in [-0.25, -0.2) is 18.2 Å². The van der Waals surface area contributed by atoms with Gasteiger partial charge in [0.2, 0.25) is 0 Å². The Balaban J connectivity index is 1.88. The van der Waals surface area contributed by atoms with Gasteiger partial charge in [-0.1, -0.05) is 59.1 Å². The summed E-state index contributed by atoms with van der Waals surface area (Å²) < 4.78 is 41.3. The number of aryl methyl sites for hydroxylation is 1. The van der Waals surface area contributed by atoms with Crippen molar-refractivity contribution in [1.82, 2.24) is 5.43 Å². The van der Waals surface area contributed by atoms with E-state index < -0.39 is 28.3 Å². The maximum absolute atomic E-state index is 13.8. The smallest absolute Gasteiger partial charge is 0.264 e. The van der Waals surface area contributed by atoms with Crippen molar-refractivity contribution in [2.45, 2.75) is 11.8 Å². The molecule has 0 saturated carbocycles. The van der Waals surface area contributed by atoms with E-state index in [1.54, 1.807) is 24.3 Å². The molecule has 3 aromatic rings. The lowest BCUT2D eigenvalue weighted by Gasteiger charge is -2.24. The Morgan fingerprint density at radius 3 is 2.34 bits per heavy atom. The van der Waals surface area contributed by atoms with Crippen LogP contribution in [0.1, 0.15) is 11.1 Å². The quantitative estimate of drug-likeness (QED) is 0.379.